The highest BCUT2D eigenvalue weighted by Gasteiger charge is 2.20. The number of likely N-dealkylation sites (N-methyl/N-ethyl adjacent to an activating group) is 1. The molecule has 6 heteroatoms. The zero-order valence-corrected chi connectivity index (χ0v) is 15.6. The highest BCUT2D eigenvalue weighted by atomic mass is 16.1. The van der Waals surface area contributed by atoms with Crippen LogP contribution in [-0.4, -0.2) is 60.0 Å². The van der Waals surface area contributed by atoms with Crippen molar-refractivity contribution in [3.8, 4) is 11.4 Å². The second kappa shape index (κ2) is 8.76. The fourth-order valence-corrected chi connectivity index (χ4v) is 3.05. The lowest BCUT2D eigenvalue weighted by molar-refractivity contribution is 0.0948. The molecule has 0 aliphatic carbocycles. The van der Waals surface area contributed by atoms with Crippen LogP contribution in [0.5, 0.6) is 0 Å². The molecule has 1 saturated heterocycles. The van der Waals surface area contributed by atoms with Gasteiger partial charge < -0.3 is 15.1 Å². The van der Waals surface area contributed by atoms with Crippen molar-refractivity contribution in [3.05, 3.63) is 42.1 Å². The maximum Gasteiger partial charge on any atom is 0.270 e. The van der Waals surface area contributed by atoms with Crippen LogP contribution < -0.4 is 10.2 Å². The summed E-state index contributed by atoms with van der Waals surface area (Å²) in [5.74, 6) is 1.29. The Morgan fingerprint density at radius 2 is 1.81 bits per heavy atom. The summed E-state index contributed by atoms with van der Waals surface area (Å²) in [4.78, 5) is 26.4. The molecule has 0 unspecified atom stereocenters. The molecule has 0 spiro atoms. The number of piperazine rings is 1. The summed E-state index contributed by atoms with van der Waals surface area (Å²) in [6, 6.07) is 11.7. The topological polar surface area (TPSA) is 61.4 Å². The molecule has 1 N–H and O–H groups in total. The van der Waals surface area contributed by atoms with Gasteiger partial charge in [0.25, 0.3) is 5.91 Å². The fourth-order valence-electron chi connectivity index (χ4n) is 3.05. The van der Waals surface area contributed by atoms with Crippen molar-refractivity contribution in [2.24, 2.45) is 0 Å². The molecule has 138 valence electrons. The van der Waals surface area contributed by atoms with Gasteiger partial charge in [-0.05, 0) is 13.0 Å². The first-order valence-corrected chi connectivity index (χ1v) is 9.41. The van der Waals surface area contributed by atoms with Crippen LogP contribution in [0.1, 0.15) is 30.8 Å². The second-order valence-corrected chi connectivity index (χ2v) is 6.48. The maximum atomic E-state index is 12.5. The summed E-state index contributed by atoms with van der Waals surface area (Å²) in [5.41, 5.74) is 1.35. The van der Waals surface area contributed by atoms with E-state index < -0.39 is 0 Å². The van der Waals surface area contributed by atoms with E-state index in [4.69, 9.17) is 4.98 Å². The molecule has 1 aliphatic heterocycles. The summed E-state index contributed by atoms with van der Waals surface area (Å²) in [6.07, 6.45) is 0.897. The third-order valence-corrected chi connectivity index (χ3v) is 4.66. The molecule has 1 aromatic heterocycles. The van der Waals surface area contributed by atoms with Crippen LogP contribution in [-0.2, 0) is 0 Å². The molecule has 0 saturated carbocycles. The van der Waals surface area contributed by atoms with Crippen molar-refractivity contribution < 1.29 is 4.79 Å². The molecule has 0 radical (unpaired) electrons. The van der Waals surface area contributed by atoms with Gasteiger partial charge in [0.2, 0.25) is 0 Å². The molecule has 1 amide bonds. The van der Waals surface area contributed by atoms with Crippen LogP contribution in [0.4, 0.5) is 5.82 Å². The van der Waals surface area contributed by atoms with Gasteiger partial charge in [-0.1, -0.05) is 44.2 Å². The number of hydrogen-bond donors (Lipinski definition) is 1. The van der Waals surface area contributed by atoms with Gasteiger partial charge in [-0.2, -0.15) is 0 Å². The van der Waals surface area contributed by atoms with Crippen molar-refractivity contribution in [2.45, 2.75) is 20.3 Å². The molecule has 1 fully saturated rings. The van der Waals surface area contributed by atoms with Gasteiger partial charge in [-0.25, -0.2) is 9.97 Å². The molecule has 0 bridgehead atoms. The van der Waals surface area contributed by atoms with E-state index in [2.05, 4.69) is 27.0 Å². The third kappa shape index (κ3) is 4.38. The molecule has 3 rings (SSSR count). The number of benzene rings is 1. The van der Waals surface area contributed by atoms with Gasteiger partial charge in [-0.15, -0.1) is 0 Å². The van der Waals surface area contributed by atoms with Crippen LogP contribution in [0.15, 0.2) is 36.4 Å². The predicted octanol–water partition coefficient (Wildman–Crippen LogP) is 2.43. The van der Waals surface area contributed by atoms with Crippen LogP contribution in [0.3, 0.4) is 0 Å². The predicted molar refractivity (Wildman–Crippen MR) is 104 cm³/mol. The number of amides is 1. The number of carbonyl (C=O) groups is 1. The summed E-state index contributed by atoms with van der Waals surface area (Å²) in [5, 5.41) is 2.92. The normalized spacial score (nSPS) is 15.1. The van der Waals surface area contributed by atoms with Crippen LogP contribution in [0.2, 0.25) is 0 Å². The zero-order chi connectivity index (χ0) is 18.4. The van der Waals surface area contributed by atoms with Gasteiger partial charge in [0.05, 0.1) is 0 Å². The minimum atomic E-state index is -0.139. The Hall–Kier alpha value is -2.47. The summed E-state index contributed by atoms with van der Waals surface area (Å²) >= 11 is 0. The molecule has 2 heterocycles. The van der Waals surface area contributed by atoms with Crippen LogP contribution in [0, 0.1) is 0 Å². The summed E-state index contributed by atoms with van der Waals surface area (Å²) in [6.45, 7) is 9.78. The highest BCUT2D eigenvalue weighted by Crippen LogP contribution is 2.21. The molecular formula is C20H27N5O. The van der Waals surface area contributed by atoms with E-state index in [1.807, 2.05) is 43.3 Å². The third-order valence-electron chi connectivity index (χ3n) is 4.66. The standard InChI is InChI=1S/C20H27N5O/c1-3-10-21-20(26)17-15-18(25-13-11-24(4-2)12-14-25)23-19(22-17)16-8-6-5-7-9-16/h5-9,15H,3-4,10-14H2,1-2H3,(H,21,26). The lowest BCUT2D eigenvalue weighted by Crippen LogP contribution is -2.46. The van der Waals surface area contributed by atoms with Crippen molar-refractivity contribution in [1.82, 2.24) is 20.2 Å². The van der Waals surface area contributed by atoms with E-state index in [1.165, 1.54) is 0 Å². The number of carbonyl (C=O) groups excluding carboxylic acids is 1. The van der Waals surface area contributed by atoms with E-state index in [9.17, 15) is 4.79 Å². The first-order chi connectivity index (χ1) is 12.7. The average molecular weight is 353 g/mol. The first-order valence-electron chi connectivity index (χ1n) is 9.41. The number of nitrogens with one attached hydrogen (secondary N) is 1. The van der Waals surface area contributed by atoms with Crippen molar-refractivity contribution in [3.63, 3.8) is 0 Å². The number of rotatable bonds is 6. The molecular weight excluding hydrogens is 326 g/mol. The minimum Gasteiger partial charge on any atom is -0.354 e. The first kappa shape index (κ1) is 18.3. The lowest BCUT2D eigenvalue weighted by Gasteiger charge is -2.34. The van der Waals surface area contributed by atoms with Crippen molar-refractivity contribution in [1.29, 1.82) is 0 Å². The van der Waals surface area contributed by atoms with E-state index in [0.29, 0.717) is 18.1 Å². The van der Waals surface area contributed by atoms with Gasteiger partial charge in [0, 0.05) is 44.4 Å². The van der Waals surface area contributed by atoms with E-state index in [0.717, 1.165) is 50.5 Å². The Morgan fingerprint density at radius 1 is 1.08 bits per heavy atom. The Morgan fingerprint density at radius 3 is 2.46 bits per heavy atom. The Bertz CT molecular complexity index is 726. The van der Waals surface area contributed by atoms with Gasteiger partial charge >= 0.3 is 0 Å². The van der Waals surface area contributed by atoms with Crippen molar-refractivity contribution >= 4 is 11.7 Å². The smallest absolute Gasteiger partial charge is 0.270 e. The zero-order valence-electron chi connectivity index (χ0n) is 15.6. The maximum absolute atomic E-state index is 12.5. The molecule has 2 aromatic rings. The van der Waals surface area contributed by atoms with Gasteiger partial charge in [0.15, 0.2) is 5.82 Å². The largest absolute Gasteiger partial charge is 0.354 e. The summed E-state index contributed by atoms with van der Waals surface area (Å²) in [7, 11) is 0. The van der Waals surface area contributed by atoms with E-state index in [-0.39, 0.29) is 5.91 Å². The summed E-state index contributed by atoms with van der Waals surface area (Å²) < 4.78 is 0. The van der Waals surface area contributed by atoms with Crippen LogP contribution in [0.25, 0.3) is 11.4 Å². The molecule has 0 atom stereocenters. The fraction of sp³-hybridized carbons (Fsp3) is 0.450. The number of nitrogens with zero attached hydrogens (tertiary/aromatic N) is 4. The number of aromatic nitrogens is 2. The van der Waals surface area contributed by atoms with Crippen LogP contribution >= 0.6 is 0 Å². The molecule has 1 aliphatic rings. The monoisotopic (exact) mass is 353 g/mol. The molecule has 6 nitrogen and oxygen atoms in total. The Balaban J connectivity index is 1.91. The van der Waals surface area contributed by atoms with E-state index in [1.54, 1.807) is 0 Å². The number of anilines is 1. The van der Waals surface area contributed by atoms with Gasteiger partial charge in [-0.3, -0.25) is 4.79 Å². The molecule has 1 aromatic carbocycles. The quantitative estimate of drug-likeness (QED) is 0.864. The Labute approximate surface area is 155 Å². The Kier molecular flexibility index (Phi) is 6.17. The SMILES string of the molecule is CCCNC(=O)c1cc(N2CCN(CC)CC2)nc(-c2ccccc2)n1. The van der Waals surface area contributed by atoms with E-state index >= 15 is 0 Å². The average Bonchev–Trinajstić information content (AvgIpc) is 2.72. The van der Waals surface area contributed by atoms with Gasteiger partial charge in [0.1, 0.15) is 11.5 Å². The highest BCUT2D eigenvalue weighted by molar-refractivity contribution is 5.93. The molecule has 26 heavy (non-hydrogen) atoms. The second-order valence-electron chi connectivity index (χ2n) is 6.48. The lowest BCUT2D eigenvalue weighted by atomic mass is 10.2. The minimum absolute atomic E-state index is 0.139. The van der Waals surface area contributed by atoms with Crippen molar-refractivity contribution in [2.75, 3.05) is 44.2 Å². The number of hydrogen-bond acceptors (Lipinski definition) is 5.